The van der Waals surface area contributed by atoms with E-state index in [9.17, 15) is 14.9 Å². The first kappa shape index (κ1) is 18.6. The van der Waals surface area contributed by atoms with Gasteiger partial charge in [-0.3, -0.25) is 14.9 Å². The summed E-state index contributed by atoms with van der Waals surface area (Å²) in [7, 11) is 0. The van der Waals surface area contributed by atoms with Gasteiger partial charge >= 0.3 is 11.7 Å². The second kappa shape index (κ2) is 8.00. The number of ether oxygens (including phenoxy) is 1. The maximum absolute atomic E-state index is 11.5. The zero-order valence-corrected chi connectivity index (χ0v) is 15.0. The predicted octanol–water partition coefficient (Wildman–Crippen LogP) is 3.35. The minimum Gasteiger partial charge on any atom is -0.464 e. The molecular formula is C17H15ClN4O5. The van der Waals surface area contributed by atoms with Crippen molar-refractivity contribution in [2.75, 3.05) is 18.5 Å². The van der Waals surface area contributed by atoms with Crippen LogP contribution in [-0.2, 0) is 16.0 Å². The summed E-state index contributed by atoms with van der Waals surface area (Å²) in [5, 5.41) is 22.5. The van der Waals surface area contributed by atoms with Crippen LogP contribution in [0.5, 0.6) is 0 Å². The Balaban J connectivity index is 1.99. The number of carbonyl (C=O) groups is 1. The Morgan fingerprint density at radius 2 is 2.04 bits per heavy atom. The molecule has 0 bridgehead atoms. The van der Waals surface area contributed by atoms with Gasteiger partial charge in [-0.15, -0.1) is 0 Å². The van der Waals surface area contributed by atoms with Crippen LogP contribution in [0.15, 0.2) is 35.0 Å². The van der Waals surface area contributed by atoms with E-state index in [2.05, 4.69) is 15.6 Å². The Hall–Kier alpha value is -3.20. The molecule has 1 heterocycles. The molecule has 0 saturated heterocycles. The second-order valence-corrected chi connectivity index (χ2v) is 6.09. The van der Waals surface area contributed by atoms with Gasteiger partial charge < -0.3 is 10.1 Å². The number of fused-ring (bicyclic) bond motifs is 1. The maximum atomic E-state index is 11.5. The third-order valence-electron chi connectivity index (χ3n) is 3.83. The molecule has 0 fully saturated rings. The summed E-state index contributed by atoms with van der Waals surface area (Å²) < 4.78 is 9.58. The molecule has 1 aromatic heterocycles. The van der Waals surface area contributed by atoms with Crippen LogP contribution in [-0.4, -0.2) is 34.4 Å². The van der Waals surface area contributed by atoms with Crippen molar-refractivity contribution in [3.05, 3.63) is 56.6 Å². The average molecular weight is 391 g/mol. The molecule has 0 unspecified atom stereocenters. The maximum Gasteiger partial charge on any atom is 0.323 e. The van der Waals surface area contributed by atoms with Crippen LogP contribution in [0.2, 0.25) is 5.02 Å². The highest BCUT2D eigenvalue weighted by Crippen LogP contribution is 2.35. The number of esters is 1. The topological polar surface area (TPSA) is 120 Å². The lowest BCUT2D eigenvalue weighted by Gasteiger charge is -2.10. The Bertz CT molecular complexity index is 1000. The summed E-state index contributed by atoms with van der Waals surface area (Å²) >= 11 is 6.22. The number of nitrogens with one attached hydrogen (secondary N) is 1. The van der Waals surface area contributed by atoms with Crippen molar-refractivity contribution in [1.29, 1.82) is 0 Å². The Morgan fingerprint density at radius 3 is 2.74 bits per heavy atom. The molecular weight excluding hydrogens is 376 g/mol. The molecule has 0 aliphatic carbocycles. The predicted molar refractivity (Wildman–Crippen MR) is 97.8 cm³/mol. The van der Waals surface area contributed by atoms with Gasteiger partial charge in [0, 0.05) is 24.9 Å². The van der Waals surface area contributed by atoms with Crippen molar-refractivity contribution in [1.82, 2.24) is 10.3 Å². The minimum atomic E-state index is -0.556. The Kier molecular flexibility index (Phi) is 5.51. The molecule has 0 atom stereocenters. The molecule has 0 aliphatic heterocycles. The fourth-order valence-electron chi connectivity index (χ4n) is 2.67. The van der Waals surface area contributed by atoms with Gasteiger partial charge in [-0.05, 0) is 33.6 Å². The third-order valence-corrected chi connectivity index (χ3v) is 4.20. The number of nitro benzene ring substituents is 1. The first-order valence-electron chi connectivity index (χ1n) is 8.00. The fraction of sp³-hybridized carbons (Fsp3) is 0.235. The number of nitro groups is 1. The van der Waals surface area contributed by atoms with E-state index in [1.165, 1.54) is 6.92 Å². The van der Waals surface area contributed by atoms with Crippen molar-refractivity contribution in [2.45, 2.75) is 13.3 Å². The van der Waals surface area contributed by atoms with Crippen LogP contribution >= 0.6 is 11.6 Å². The molecule has 0 aliphatic rings. The van der Waals surface area contributed by atoms with Crippen molar-refractivity contribution < 1.29 is 19.1 Å². The van der Waals surface area contributed by atoms with Crippen molar-refractivity contribution in [3.63, 3.8) is 0 Å². The van der Waals surface area contributed by atoms with Gasteiger partial charge in [0.25, 0.3) is 0 Å². The summed E-state index contributed by atoms with van der Waals surface area (Å²) in [5.41, 5.74) is 1.82. The molecule has 27 heavy (non-hydrogen) atoms. The monoisotopic (exact) mass is 390 g/mol. The Labute approximate surface area is 158 Å². The minimum absolute atomic E-state index is 0.0412. The number of halogens is 1. The van der Waals surface area contributed by atoms with Crippen molar-refractivity contribution >= 4 is 40.0 Å². The first-order chi connectivity index (χ1) is 13.0. The van der Waals surface area contributed by atoms with Gasteiger partial charge in [-0.25, -0.2) is 4.63 Å². The number of hydrogen-bond donors (Lipinski definition) is 1. The average Bonchev–Trinajstić information content (AvgIpc) is 3.09. The molecule has 3 aromatic rings. The lowest BCUT2D eigenvalue weighted by molar-refractivity contribution is -0.382. The van der Waals surface area contributed by atoms with Crippen LogP contribution in [0.25, 0.3) is 11.0 Å². The van der Waals surface area contributed by atoms with E-state index in [-0.39, 0.29) is 30.0 Å². The number of carbonyl (C=O) groups excluding carboxylic acids is 1. The van der Waals surface area contributed by atoms with Crippen molar-refractivity contribution in [3.8, 4) is 0 Å². The molecule has 3 rings (SSSR count). The molecule has 0 saturated carbocycles. The van der Waals surface area contributed by atoms with Gasteiger partial charge in [0.05, 0.1) is 4.92 Å². The molecule has 1 N–H and O–H groups in total. The van der Waals surface area contributed by atoms with E-state index in [1.807, 2.05) is 18.2 Å². The molecule has 0 amide bonds. The largest absolute Gasteiger partial charge is 0.464 e. The van der Waals surface area contributed by atoms with Gasteiger partial charge in [0.2, 0.25) is 5.52 Å². The summed E-state index contributed by atoms with van der Waals surface area (Å²) in [4.78, 5) is 21.9. The van der Waals surface area contributed by atoms with E-state index < -0.39 is 10.9 Å². The second-order valence-electron chi connectivity index (χ2n) is 5.69. The van der Waals surface area contributed by atoms with E-state index in [0.717, 1.165) is 5.56 Å². The number of nitrogens with zero attached hydrogens (tertiary/aromatic N) is 3. The van der Waals surface area contributed by atoms with Gasteiger partial charge in [0.1, 0.15) is 17.8 Å². The van der Waals surface area contributed by atoms with Crippen LogP contribution in [0.3, 0.4) is 0 Å². The van der Waals surface area contributed by atoms with Gasteiger partial charge in [-0.1, -0.05) is 29.8 Å². The smallest absolute Gasteiger partial charge is 0.323 e. The van der Waals surface area contributed by atoms with Crippen LogP contribution in [0.1, 0.15) is 18.1 Å². The molecule has 9 nitrogen and oxygen atoms in total. The molecule has 0 spiro atoms. The number of rotatable bonds is 7. The number of hydrogen-bond acceptors (Lipinski definition) is 8. The van der Waals surface area contributed by atoms with E-state index >= 15 is 0 Å². The molecule has 10 heteroatoms. The summed E-state index contributed by atoms with van der Waals surface area (Å²) in [5.74, 6) is -0.429. The van der Waals surface area contributed by atoms with Crippen LogP contribution in [0.4, 0.5) is 11.4 Å². The highest BCUT2D eigenvalue weighted by atomic mass is 35.5. The van der Waals surface area contributed by atoms with Gasteiger partial charge in [0.15, 0.2) is 0 Å². The summed E-state index contributed by atoms with van der Waals surface area (Å²) in [6, 6.07) is 8.90. The number of anilines is 1. The lowest BCUT2D eigenvalue weighted by atomic mass is 10.0. The highest BCUT2D eigenvalue weighted by Gasteiger charge is 2.25. The molecule has 0 radical (unpaired) electrons. The van der Waals surface area contributed by atoms with E-state index in [0.29, 0.717) is 22.5 Å². The van der Waals surface area contributed by atoms with E-state index in [1.54, 1.807) is 12.1 Å². The van der Waals surface area contributed by atoms with Gasteiger partial charge in [-0.2, -0.15) is 0 Å². The van der Waals surface area contributed by atoms with E-state index in [4.69, 9.17) is 21.0 Å². The molecule has 2 aromatic carbocycles. The standard InChI is InChI=1S/C17H15ClN4O5/c1-10(23)26-7-6-19-14-9-12(8-11-4-2-3-5-13(11)18)15-16(21-27-20-15)17(14)22(24)25/h2-5,9,19H,6-8H2,1H3. The van der Waals surface area contributed by atoms with Crippen molar-refractivity contribution in [2.24, 2.45) is 0 Å². The SMILES string of the molecule is CC(=O)OCCNc1cc(Cc2ccccc2Cl)c2nonc2c1[N+](=O)[O-]. The zero-order valence-electron chi connectivity index (χ0n) is 14.3. The quantitative estimate of drug-likeness (QED) is 0.282. The highest BCUT2D eigenvalue weighted by molar-refractivity contribution is 6.31. The fourth-order valence-corrected chi connectivity index (χ4v) is 2.88. The zero-order chi connectivity index (χ0) is 19.4. The number of aromatic nitrogens is 2. The summed E-state index contributed by atoms with van der Waals surface area (Å²) in [6.45, 7) is 1.56. The number of benzene rings is 2. The Morgan fingerprint density at radius 1 is 1.30 bits per heavy atom. The first-order valence-corrected chi connectivity index (χ1v) is 8.38. The van der Waals surface area contributed by atoms with Crippen LogP contribution in [0, 0.1) is 10.1 Å². The third kappa shape index (κ3) is 4.14. The lowest BCUT2D eigenvalue weighted by Crippen LogP contribution is -2.13. The molecule has 140 valence electrons. The summed E-state index contributed by atoms with van der Waals surface area (Å²) in [6.07, 6.45) is 0.390. The van der Waals surface area contributed by atoms with Crippen LogP contribution < -0.4 is 5.32 Å². The normalized spacial score (nSPS) is 10.7.